The molecule has 0 unspecified atom stereocenters. The monoisotopic (exact) mass is 447 g/mol. The van der Waals surface area contributed by atoms with Crippen LogP contribution in [-0.2, 0) is 19.4 Å². The Morgan fingerprint density at radius 2 is 1.45 bits per heavy atom. The maximum atomic E-state index is 13.2. The average molecular weight is 447 g/mol. The number of hydrogen-bond donors (Lipinski definition) is 1. The molecule has 2 aromatic carbocycles. The maximum absolute atomic E-state index is 13.2. The van der Waals surface area contributed by atoms with E-state index in [0.29, 0.717) is 0 Å². The topological polar surface area (TPSA) is 104 Å². The highest BCUT2D eigenvalue weighted by Gasteiger charge is 2.39. The first-order chi connectivity index (χ1) is 14.7. The minimum atomic E-state index is -4.27. The fourth-order valence-corrected chi connectivity index (χ4v) is 4.71. The molecule has 8 nitrogen and oxygen atoms in total. The van der Waals surface area contributed by atoms with Crippen LogP contribution in [0, 0.1) is 5.82 Å². The third-order valence-electron chi connectivity index (χ3n) is 5.01. The van der Waals surface area contributed by atoms with Gasteiger partial charge in [0, 0.05) is 38.7 Å². The molecule has 2 aromatic rings. The van der Waals surface area contributed by atoms with Crippen LogP contribution in [0.15, 0.2) is 59.5 Å². The maximum Gasteiger partial charge on any atom is 0.261 e. The van der Waals surface area contributed by atoms with Gasteiger partial charge in [0.25, 0.3) is 11.8 Å². The number of amides is 3. The number of rotatable bonds is 5. The Balaban J connectivity index is 1.89. The number of halogens is 1. The molecule has 3 rings (SSSR count). The fourth-order valence-electron chi connectivity index (χ4n) is 3.23. The van der Waals surface area contributed by atoms with Crippen LogP contribution in [0.2, 0.25) is 0 Å². The van der Waals surface area contributed by atoms with Crippen molar-refractivity contribution in [3.05, 3.63) is 66.0 Å². The molecule has 0 saturated carbocycles. The van der Waals surface area contributed by atoms with Gasteiger partial charge in [0.1, 0.15) is 5.82 Å². The Labute approximate surface area is 179 Å². The van der Waals surface area contributed by atoms with E-state index >= 15 is 0 Å². The molecule has 31 heavy (non-hydrogen) atoms. The molecule has 1 fully saturated rings. The Hall–Kier alpha value is -3.27. The molecule has 1 heterocycles. The molecular weight excluding hydrogens is 425 g/mol. The summed E-state index contributed by atoms with van der Waals surface area (Å²) < 4.78 is 39.6. The van der Waals surface area contributed by atoms with Gasteiger partial charge in [-0.2, -0.15) is 0 Å². The summed E-state index contributed by atoms with van der Waals surface area (Å²) in [7, 11) is -4.27. The lowest BCUT2D eigenvalue weighted by atomic mass is 10.2. The van der Waals surface area contributed by atoms with Gasteiger partial charge in [0.2, 0.25) is 21.1 Å². The number of sulfone groups is 1. The number of carbonyl (C=O) groups is 3. The minimum absolute atomic E-state index is 0.0175. The van der Waals surface area contributed by atoms with E-state index in [1.165, 1.54) is 48.2 Å². The SMILES string of the molecule is CC(=O)N1CCN(C(=O)[C@@H](NC(=O)c2ccc(F)cc2)S(=O)(=O)c2ccccc2)CC1. The van der Waals surface area contributed by atoms with Crippen molar-refractivity contribution in [1.82, 2.24) is 15.1 Å². The second kappa shape index (κ2) is 9.25. The minimum Gasteiger partial charge on any atom is -0.339 e. The van der Waals surface area contributed by atoms with E-state index in [-0.39, 0.29) is 42.5 Å². The van der Waals surface area contributed by atoms with Gasteiger partial charge in [0.05, 0.1) is 4.90 Å². The van der Waals surface area contributed by atoms with Gasteiger partial charge >= 0.3 is 0 Å². The van der Waals surface area contributed by atoms with Crippen LogP contribution in [0.1, 0.15) is 17.3 Å². The Morgan fingerprint density at radius 3 is 2.00 bits per heavy atom. The van der Waals surface area contributed by atoms with Crippen LogP contribution in [0.25, 0.3) is 0 Å². The first-order valence-electron chi connectivity index (χ1n) is 9.60. The third-order valence-corrected chi connectivity index (χ3v) is 6.88. The van der Waals surface area contributed by atoms with Crippen molar-refractivity contribution in [2.45, 2.75) is 17.2 Å². The van der Waals surface area contributed by atoms with Gasteiger partial charge < -0.3 is 15.1 Å². The number of nitrogens with one attached hydrogen (secondary N) is 1. The molecule has 1 N–H and O–H groups in total. The summed E-state index contributed by atoms with van der Waals surface area (Å²) in [6.07, 6.45) is 0. The molecule has 0 aliphatic carbocycles. The molecule has 164 valence electrons. The molecule has 0 spiro atoms. The Kier molecular flexibility index (Phi) is 6.69. The standard InChI is InChI=1S/C21H22FN3O5S/c1-15(26)24-11-13-25(14-12-24)21(28)20(31(29,30)18-5-3-2-4-6-18)23-19(27)16-7-9-17(22)10-8-16/h2-10,20H,11-14H2,1H3,(H,23,27)/t20-/m0/s1. The summed E-state index contributed by atoms with van der Waals surface area (Å²) in [5, 5.41) is 0.437. The molecule has 10 heteroatoms. The van der Waals surface area contributed by atoms with Crippen LogP contribution >= 0.6 is 0 Å². The van der Waals surface area contributed by atoms with E-state index in [1.54, 1.807) is 11.0 Å². The summed E-state index contributed by atoms with van der Waals surface area (Å²) in [5.74, 6) is -2.29. The highest BCUT2D eigenvalue weighted by atomic mass is 32.2. The van der Waals surface area contributed by atoms with E-state index in [1.807, 2.05) is 0 Å². The third kappa shape index (κ3) is 5.08. The highest BCUT2D eigenvalue weighted by molar-refractivity contribution is 7.92. The van der Waals surface area contributed by atoms with Gasteiger partial charge in [-0.05, 0) is 36.4 Å². The number of nitrogens with zero attached hydrogens (tertiary/aromatic N) is 2. The molecule has 1 aliphatic heterocycles. The summed E-state index contributed by atoms with van der Waals surface area (Å²) in [6.45, 7) is 2.25. The molecule has 0 radical (unpaired) electrons. The number of hydrogen-bond acceptors (Lipinski definition) is 5. The zero-order valence-electron chi connectivity index (χ0n) is 16.8. The van der Waals surface area contributed by atoms with E-state index < -0.39 is 32.8 Å². The summed E-state index contributed by atoms with van der Waals surface area (Å²) in [6, 6.07) is 11.9. The van der Waals surface area contributed by atoms with Gasteiger partial charge in [-0.25, -0.2) is 12.8 Å². The summed E-state index contributed by atoms with van der Waals surface area (Å²) >= 11 is 0. The van der Waals surface area contributed by atoms with E-state index in [0.717, 1.165) is 12.1 Å². The van der Waals surface area contributed by atoms with Crippen LogP contribution < -0.4 is 5.32 Å². The smallest absolute Gasteiger partial charge is 0.261 e. The second-order valence-corrected chi connectivity index (χ2v) is 9.08. The van der Waals surface area contributed by atoms with Crippen LogP contribution in [0.4, 0.5) is 4.39 Å². The van der Waals surface area contributed by atoms with Crippen molar-refractivity contribution < 1.29 is 27.2 Å². The summed E-state index contributed by atoms with van der Waals surface area (Å²) in [4.78, 5) is 40.1. The zero-order chi connectivity index (χ0) is 22.6. The number of benzene rings is 2. The fraction of sp³-hybridized carbons (Fsp3) is 0.286. The van der Waals surface area contributed by atoms with Gasteiger partial charge in [-0.15, -0.1) is 0 Å². The van der Waals surface area contributed by atoms with Gasteiger partial charge in [0.15, 0.2) is 0 Å². The normalized spacial score (nSPS) is 15.3. The molecule has 0 bridgehead atoms. The van der Waals surface area contributed by atoms with Crippen molar-refractivity contribution in [3.8, 4) is 0 Å². The Morgan fingerprint density at radius 1 is 0.903 bits per heavy atom. The lowest BCUT2D eigenvalue weighted by molar-refractivity contribution is -0.138. The molecule has 3 amide bonds. The molecular formula is C21H22FN3O5S. The predicted octanol–water partition coefficient (Wildman–Crippen LogP) is 1.05. The van der Waals surface area contributed by atoms with Crippen molar-refractivity contribution in [2.24, 2.45) is 0 Å². The van der Waals surface area contributed by atoms with Crippen molar-refractivity contribution in [2.75, 3.05) is 26.2 Å². The molecule has 1 saturated heterocycles. The highest BCUT2D eigenvalue weighted by Crippen LogP contribution is 2.18. The van der Waals surface area contributed by atoms with Gasteiger partial charge in [-0.3, -0.25) is 14.4 Å². The number of carbonyl (C=O) groups excluding carboxylic acids is 3. The lowest BCUT2D eigenvalue weighted by Gasteiger charge is -2.36. The van der Waals surface area contributed by atoms with Crippen LogP contribution in [-0.4, -0.2) is 67.5 Å². The summed E-state index contributed by atoms with van der Waals surface area (Å²) in [5.41, 5.74) is 0.0175. The predicted molar refractivity (Wildman–Crippen MR) is 110 cm³/mol. The molecule has 1 aliphatic rings. The zero-order valence-corrected chi connectivity index (χ0v) is 17.6. The lowest BCUT2D eigenvalue weighted by Crippen LogP contribution is -2.57. The largest absolute Gasteiger partial charge is 0.339 e. The average Bonchev–Trinajstić information content (AvgIpc) is 2.78. The molecule has 1 atom stereocenters. The number of piperazine rings is 1. The first-order valence-corrected chi connectivity index (χ1v) is 11.1. The second-order valence-electron chi connectivity index (χ2n) is 7.05. The van der Waals surface area contributed by atoms with E-state index in [4.69, 9.17) is 0 Å². The molecule has 0 aromatic heterocycles. The first kappa shape index (κ1) is 22.4. The van der Waals surface area contributed by atoms with E-state index in [2.05, 4.69) is 5.32 Å². The van der Waals surface area contributed by atoms with Crippen LogP contribution in [0.5, 0.6) is 0 Å². The van der Waals surface area contributed by atoms with E-state index in [9.17, 15) is 27.2 Å². The van der Waals surface area contributed by atoms with Gasteiger partial charge in [-0.1, -0.05) is 18.2 Å². The van der Waals surface area contributed by atoms with Crippen molar-refractivity contribution >= 4 is 27.6 Å². The van der Waals surface area contributed by atoms with Crippen molar-refractivity contribution in [3.63, 3.8) is 0 Å². The van der Waals surface area contributed by atoms with Crippen LogP contribution in [0.3, 0.4) is 0 Å². The quantitative estimate of drug-likeness (QED) is 0.738. The Bertz CT molecular complexity index is 1070. The van der Waals surface area contributed by atoms with Crippen molar-refractivity contribution in [1.29, 1.82) is 0 Å².